The van der Waals surface area contributed by atoms with E-state index >= 15 is 0 Å². The van der Waals surface area contributed by atoms with Gasteiger partial charge in [-0.2, -0.15) is 5.10 Å². The molecule has 0 unspecified atom stereocenters. The number of amides is 1. The Hall–Kier alpha value is -3.17. The van der Waals surface area contributed by atoms with Gasteiger partial charge in [-0.1, -0.05) is 11.6 Å². The maximum atomic E-state index is 12.1. The number of hydrogen-bond acceptors (Lipinski definition) is 7. The van der Waals surface area contributed by atoms with Gasteiger partial charge < -0.3 is 20.3 Å². The standard InChI is InChI=1S/C25H32ClN7O2/c1-27-24(34)20-10-19(23(26)22(11-20)35-3)5-4-18-12-28-25(29-13-18)31-21-14-30-33(16-21)15-17-6-8-32(2)9-7-17/h10-14,16-17H,4-9,15H2,1-3H3,(H,27,34)(H,28,29,31). The van der Waals surface area contributed by atoms with Crippen LogP contribution in [0.3, 0.4) is 0 Å². The van der Waals surface area contributed by atoms with Crippen molar-refractivity contribution in [1.29, 1.82) is 0 Å². The molecule has 0 saturated carbocycles. The first-order valence-electron chi connectivity index (χ1n) is 11.8. The number of aryl methyl sites for hydroxylation is 2. The molecule has 4 rings (SSSR count). The lowest BCUT2D eigenvalue weighted by Crippen LogP contribution is -2.31. The minimum Gasteiger partial charge on any atom is -0.495 e. The predicted molar refractivity (Wildman–Crippen MR) is 137 cm³/mol. The molecule has 35 heavy (non-hydrogen) atoms. The second-order valence-corrected chi connectivity index (χ2v) is 9.35. The number of rotatable bonds is 9. The summed E-state index contributed by atoms with van der Waals surface area (Å²) in [6, 6.07) is 3.44. The Kier molecular flexibility index (Phi) is 8.20. The number of carbonyl (C=O) groups excluding carboxylic acids is 1. The molecular weight excluding hydrogens is 466 g/mol. The van der Waals surface area contributed by atoms with E-state index in [2.05, 4.69) is 37.6 Å². The van der Waals surface area contributed by atoms with Crippen LogP contribution in [0.2, 0.25) is 5.02 Å². The molecule has 2 aromatic heterocycles. The normalized spacial score (nSPS) is 14.6. The van der Waals surface area contributed by atoms with Crippen LogP contribution >= 0.6 is 11.6 Å². The number of likely N-dealkylation sites (tertiary alicyclic amines) is 1. The smallest absolute Gasteiger partial charge is 0.251 e. The zero-order valence-corrected chi connectivity index (χ0v) is 21.2. The number of hydrogen-bond donors (Lipinski definition) is 2. The average Bonchev–Trinajstić information content (AvgIpc) is 3.31. The molecule has 9 nitrogen and oxygen atoms in total. The summed E-state index contributed by atoms with van der Waals surface area (Å²) in [5.74, 6) is 1.48. The molecule has 1 aromatic carbocycles. The van der Waals surface area contributed by atoms with Crippen LogP contribution in [0.15, 0.2) is 36.9 Å². The fourth-order valence-electron chi connectivity index (χ4n) is 4.26. The SMILES string of the molecule is CNC(=O)c1cc(CCc2cnc(Nc3cnn(CC4CCN(C)CC4)c3)nc2)c(Cl)c(OC)c1. The number of benzene rings is 1. The van der Waals surface area contributed by atoms with Gasteiger partial charge in [-0.15, -0.1) is 0 Å². The first-order chi connectivity index (χ1) is 16.9. The molecule has 3 heterocycles. The van der Waals surface area contributed by atoms with Gasteiger partial charge in [-0.25, -0.2) is 9.97 Å². The number of anilines is 2. The summed E-state index contributed by atoms with van der Waals surface area (Å²) < 4.78 is 7.34. The van der Waals surface area contributed by atoms with Crippen LogP contribution in [-0.4, -0.2) is 64.9 Å². The minimum absolute atomic E-state index is 0.186. The van der Waals surface area contributed by atoms with Crippen molar-refractivity contribution in [3.05, 3.63) is 58.6 Å². The van der Waals surface area contributed by atoms with Gasteiger partial charge in [-0.3, -0.25) is 9.48 Å². The molecule has 1 saturated heterocycles. The van der Waals surface area contributed by atoms with E-state index in [1.165, 1.54) is 20.0 Å². The topological polar surface area (TPSA) is 97.2 Å². The zero-order chi connectivity index (χ0) is 24.8. The van der Waals surface area contributed by atoms with Gasteiger partial charge >= 0.3 is 0 Å². The molecule has 0 aliphatic carbocycles. The number of nitrogens with one attached hydrogen (secondary N) is 2. The third kappa shape index (κ3) is 6.49. The summed E-state index contributed by atoms with van der Waals surface area (Å²) in [4.78, 5) is 23.3. The van der Waals surface area contributed by atoms with Crippen molar-refractivity contribution in [1.82, 2.24) is 30.0 Å². The van der Waals surface area contributed by atoms with Gasteiger partial charge in [0.15, 0.2) is 0 Å². The van der Waals surface area contributed by atoms with Crippen LogP contribution in [-0.2, 0) is 19.4 Å². The number of nitrogens with zero attached hydrogens (tertiary/aromatic N) is 5. The van der Waals surface area contributed by atoms with Crippen molar-refractivity contribution in [2.75, 3.05) is 39.6 Å². The molecule has 1 amide bonds. The molecule has 2 N–H and O–H groups in total. The van der Waals surface area contributed by atoms with Gasteiger partial charge in [0.2, 0.25) is 5.95 Å². The monoisotopic (exact) mass is 497 g/mol. The maximum absolute atomic E-state index is 12.1. The third-order valence-electron chi connectivity index (χ3n) is 6.38. The fraction of sp³-hybridized carbons (Fsp3) is 0.440. The summed E-state index contributed by atoms with van der Waals surface area (Å²) in [7, 11) is 5.31. The Balaban J connectivity index is 1.34. The van der Waals surface area contributed by atoms with Crippen molar-refractivity contribution in [2.45, 2.75) is 32.2 Å². The van der Waals surface area contributed by atoms with Crippen molar-refractivity contribution >= 4 is 29.1 Å². The van der Waals surface area contributed by atoms with Gasteiger partial charge in [-0.05, 0) is 75.0 Å². The summed E-state index contributed by atoms with van der Waals surface area (Å²) in [6.45, 7) is 3.23. The Labute approximate surface area is 210 Å². The molecule has 0 atom stereocenters. The molecule has 0 radical (unpaired) electrons. The fourth-order valence-corrected chi connectivity index (χ4v) is 4.54. The Morgan fingerprint density at radius 2 is 1.91 bits per heavy atom. The Bertz CT molecular complexity index is 1140. The first kappa shape index (κ1) is 24.9. The molecule has 1 aliphatic heterocycles. The largest absolute Gasteiger partial charge is 0.495 e. The molecular formula is C25H32ClN7O2. The maximum Gasteiger partial charge on any atom is 0.251 e. The molecule has 186 valence electrons. The summed E-state index contributed by atoms with van der Waals surface area (Å²) in [5, 5.41) is 10.9. The number of halogens is 1. The first-order valence-corrected chi connectivity index (χ1v) is 12.2. The second-order valence-electron chi connectivity index (χ2n) is 8.97. The Morgan fingerprint density at radius 3 is 2.60 bits per heavy atom. The number of piperidine rings is 1. The Morgan fingerprint density at radius 1 is 1.17 bits per heavy atom. The van der Waals surface area contributed by atoms with Crippen LogP contribution in [0.25, 0.3) is 0 Å². The van der Waals surface area contributed by atoms with E-state index in [0.717, 1.165) is 36.4 Å². The molecule has 1 aliphatic rings. The number of aromatic nitrogens is 4. The van der Waals surface area contributed by atoms with E-state index < -0.39 is 0 Å². The van der Waals surface area contributed by atoms with E-state index in [1.54, 1.807) is 37.8 Å². The number of ether oxygens (including phenoxy) is 1. The van der Waals surface area contributed by atoms with Gasteiger partial charge in [0.1, 0.15) is 5.75 Å². The van der Waals surface area contributed by atoms with Crippen LogP contribution in [0, 0.1) is 5.92 Å². The van der Waals surface area contributed by atoms with Crippen molar-refractivity contribution < 1.29 is 9.53 Å². The lowest BCUT2D eigenvalue weighted by molar-refractivity contribution is 0.0962. The number of carbonyl (C=O) groups is 1. The highest BCUT2D eigenvalue weighted by Crippen LogP contribution is 2.31. The van der Waals surface area contributed by atoms with Crippen LogP contribution in [0.4, 0.5) is 11.6 Å². The van der Waals surface area contributed by atoms with Crippen LogP contribution in [0.5, 0.6) is 5.75 Å². The summed E-state index contributed by atoms with van der Waals surface area (Å²) in [6.07, 6.45) is 11.1. The highest BCUT2D eigenvalue weighted by atomic mass is 35.5. The van der Waals surface area contributed by atoms with Crippen molar-refractivity contribution in [3.63, 3.8) is 0 Å². The quantitative estimate of drug-likeness (QED) is 0.466. The summed E-state index contributed by atoms with van der Waals surface area (Å²) >= 11 is 6.47. The predicted octanol–water partition coefficient (Wildman–Crippen LogP) is 3.57. The van der Waals surface area contributed by atoms with Crippen molar-refractivity contribution in [2.24, 2.45) is 5.92 Å². The number of methoxy groups -OCH3 is 1. The molecule has 3 aromatic rings. The third-order valence-corrected chi connectivity index (χ3v) is 6.81. The molecule has 10 heteroatoms. The van der Waals surface area contributed by atoms with Gasteiger partial charge in [0, 0.05) is 37.7 Å². The lowest BCUT2D eigenvalue weighted by atomic mass is 9.97. The zero-order valence-electron chi connectivity index (χ0n) is 20.4. The highest BCUT2D eigenvalue weighted by molar-refractivity contribution is 6.33. The second kappa shape index (κ2) is 11.5. The van der Waals surface area contributed by atoms with E-state index in [1.807, 2.05) is 10.9 Å². The van der Waals surface area contributed by atoms with E-state index in [-0.39, 0.29) is 5.91 Å². The lowest BCUT2D eigenvalue weighted by Gasteiger charge is -2.28. The van der Waals surface area contributed by atoms with Crippen LogP contribution < -0.4 is 15.4 Å². The molecule has 0 spiro atoms. The average molecular weight is 498 g/mol. The van der Waals surface area contributed by atoms with Crippen LogP contribution in [0.1, 0.15) is 34.3 Å². The minimum atomic E-state index is -0.186. The highest BCUT2D eigenvalue weighted by Gasteiger charge is 2.17. The van der Waals surface area contributed by atoms with Gasteiger partial charge in [0.05, 0.1) is 24.0 Å². The molecule has 1 fully saturated rings. The van der Waals surface area contributed by atoms with E-state index in [0.29, 0.717) is 41.0 Å². The van der Waals surface area contributed by atoms with Gasteiger partial charge in [0.25, 0.3) is 5.91 Å². The van der Waals surface area contributed by atoms with Crippen molar-refractivity contribution in [3.8, 4) is 5.75 Å². The summed E-state index contributed by atoms with van der Waals surface area (Å²) in [5.41, 5.74) is 3.18. The van der Waals surface area contributed by atoms with E-state index in [9.17, 15) is 4.79 Å². The molecule has 0 bridgehead atoms. The van der Waals surface area contributed by atoms with E-state index in [4.69, 9.17) is 16.3 Å².